The van der Waals surface area contributed by atoms with Crippen molar-refractivity contribution in [1.29, 1.82) is 0 Å². The number of methoxy groups -OCH3 is 3. The van der Waals surface area contributed by atoms with Gasteiger partial charge < -0.3 is 29.5 Å². The number of anilines is 1. The zero-order valence-electron chi connectivity index (χ0n) is 12.8. The average molecular weight is 284 g/mol. The maximum absolute atomic E-state index is 9.84. The van der Waals surface area contributed by atoms with E-state index in [0.717, 1.165) is 5.69 Å². The van der Waals surface area contributed by atoms with Gasteiger partial charge in [-0.1, -0.05) is 0 Å². The van der Waals surface area contributed by atoms with Gasteiger partial charge in [-0.2, -0.15) is 0 Å². The molecule has 0 aliphatic heterocycles. The van der Waals surface area contributed by atoms with Crippen molar-refractivity contribution in [3.05, 3.63) is 12.1 Å². The quantitative estimate of drug-likeness (QED) is 0.744. The summed E-state index contributed by atoms with van der Waals surface area (Å²) in [5.74, 6) is 1.71. The smallest absolute Gasteiger partial charge is 0.203 e. The molecular weight excluding hydrogens is 260 g/mol. The van der Waals surface area contributed by atoms with Crippen molar-refractivity contribution in [2.75, 3.05) is 53.8 Å². The Balaban J connectivity index is 2.80. The van der Waals surface area contributed by atoms with E-state index in [1.165, 1.54) is 0 Å². The summed E-state index contributed by atoms with van der Waals surface area (Å²) in [6.07, 6.45) is -0.455. The van der Waals surface area contributed by atoms with E-state index in [0.29, 0.717) is 30.3 Å². The number of aliphatic hydroxyl groups is 1. The summed E-state index contributed by atoms with van der Waals surface area (Å²) in [7, 11) is 8.55. The minimum atomic E-state index is -0.455. The van der Waals surface area contributed by atoms with Crippen molar-refractivity contribution in [2.45, 2.75) is 6.10 Å². The van der Waals surface area contributed by atoms with Gasteiger partial charge >= 0.3 is 0 Å². The second-order valence-corrected chi connectivity index (χ2v) is 4.71. The van der Waals surface area contributed by atoms with E-state index in [-0.39, 0.29) is 0 Å². The summed E-state index contributed by atoms with van der Waals surface area (Å²) in [5, 5.41) is 13.0. The third-order valence-electron chi connectivity index (χ3n) is 2.78. The molecule has 0 fully saturated rings. The summed E-state index contributed by atoms with van der Waals surface area (Å²) < 4.78 is 15.8. The predicted molar refractivity (Wildman–Crippen MR) is 79.1 cm³/mol. The van der Waals surface area contributed by atoms with Crippen LogP contribution in [-0.4, -0.2) is 64.6 Å². The van der Waals surface area contributed by atoms with Gasteiger partial charge in [0.05, 0.1) is 27.4 Å². The highest BCUT2D eigenvalue weighted by molar-refractivity contribution is 5.62. The third-order valence-corrected chi connectivity index (χ3v) is 2.78. The van der Waals surface area contributed by atoms with Crippen LogP contribution in [0, 0.1) is 0 Å². The Morgan fingerprint density at radius 2 is 1.65 bits per heavy atom. The maximum atomic E-state index is 9.84. The van der Waals surface area contributed by atoms with E-state index in [1.54, 1.807) is 21.3 Å². The summed E-state index contributed by atoms with van der Waals surface area (Å²) in [6, 6.07) is 3.62. The van der Waals surface area contributed by atoms with E-state index < -0.39 is 6.10 Å². The molecule has 0 radical (unpaired) electrons. The average Bonchev–Trinajstić information content (AvgIpc) is 2.42. The van der Waals surface area contributed by atoms with Gasteiger partial charge in [0.1, 0.15) is 0 Å². The van der Waals surface area contributed by atoms with Crippen molar-refractivity contribution in [3.63, 3.8) is 0 Å². The van der Waals surface area contributed by atoms with Gasteiger partial charge in [-0.3, -0.25) is 0 Å². The van der Waals surface area contributed by atoms with Crippen LogP contribution in [0.25, 0.3) is 0 Å². The number of nitrogens with one attached hydrogen (secondary N) is 1. The van der Waals surface area contributed by atoms with Gasteiger partial charge in [0, 0.05) is 30.9 Å². The molecule has 0 amide bonds. The Bertz CT molecular complexity index is 399. The molecule has 2 N–H and O–H groups in total. The molecule has 6 nitrogen and oxygen atoms in total. The Kier molecular flexibility index (Phi) is 6.41. The lowest BCUT2D eigenvalue weighted by Gasteiger charge is -2.18. The fourth-order valence-corrected chi connectivity index (χ4v) is 1.90. The Morgan fingerprint density at radius 1 is 1.10 bits per heavy atom. The first-order valence-corrected chi connectivity index (χ1v) is 6.38. The first kappa shape index (κ1) is 16.4. The van der Waals surface area contributed by atoms with Gasteiger partial charge in [0.25, 0.3) is 0 Å². The second kappa shape index (κ2) is 7.81. The molecule has 1 aromatic carbocycles. The summed E-state index contributed by atoms with van der Waals surface area (Å²) in [6.45, 7) is 1.04. The number of hydrogen-bond acceptors (Lipinski definition) is 6. The molecule has 0 heterocycles. The molecule has 0 aromatic heterocycles. The molecule has 0 aliphatic carbocycles. The number of ether oxygens (including phenoxy) is 3. The van der Waals surface area contributed by atoms with Crippen molar-refractivity contribution in [1.82, 2.24) is 4.90 Å². The number of nitrogens with zero attached hydrogens (tertiary/aromatic N) is 1. The van der Waals surface area contributed by atoms with Crippen LogP contribution in [0.1, 0.15) is 0 Å². The fraction of sp³-hybridized carbons (Fsp3) is 0.571. The Hall–Kier alpha value is -1.66. The van der Waals surface area contributed by atoms with Crippen LogP contribution in [0.3, 0.4) is 0 Å². The number of hydrogen-bond donors (Lipinski definition) is 2. The summed E-state index contributed by atoms with van der Waals surface area (Å²) in [5.41, 5.74) is 0.803. The standard InChI is InChI=1S/C14H24N2O4/c1-16(2)9-11(17)8-15-10-6-12(18-3)14(20-5)13(7-10)19-4/h6-7,11,15,17H,8-9H2,1-5H3. The van der Waals surface area contributed by atoms with Gasteiger partial charge in [0.2, 0.25) is 5.75 Å². The van der Waals surface area contributed by atoms with E-state index in [9.17, 15) is 5.11 Å². The number of rotatable bonds is 8. The van der Waals surface area contributed by atoms with Crippen LogP contribution >= 0.6 is 0 Å². The minimum Gasteiger partial charge on any atom is -0.493 e. The number of likely N-dealkylation sites (N-methyl/N-ethyl adjacent to an activating group) is 1. The SMILES string of the molecule is COc1cc(NCC(O)CN(C)C)cc(OC)c1OC. The highest BCUT2D eigenvalue weighted by Crippen LogP contribution is 2.39. The molecule has 1 unspecified atom stereocenters. The molecule has 114 valence electrons. The molecule has 1 atom stereocenters. The van der Waals surface area contributed by atoms with Crippen molar-refractivity contribution >= 4 is 5.69 Å². The van der Waals surface area contributed by atoms with Crippen LogP contribution in [0.15, 0.2) is 12.1 Å². The number of benzene rings is 1. The van der Waals surface area contributed by atoms with Crippen LogP contribution in [0.2, 0.25) is 0 Å². The third kappa shape index (κ3) is 4.47. The van der Waals surface area contributed by atoms with Gasteiger partial charge in [-0.05, 0) is 14.1 Å². The lowest BCUT2D eigenvalue weighted by atomic mass is 10.2. The van der Waals surface area contributed by atoms with Gasteiger partial charge in [-0.15, -0.1) is 0 Å². The highest BCUT2D eigenvalue weighted by atomic mass is 16.5. The van der Waals surface area contributed by atoms with Crippen LogP contribution in [-0.2, 0) is 0 Å². The minimum absolute atomic E-state index is 0.441. The molecule has 0 saturated carbocycles. The molecule has 0 aliphatic rings. The molecule has 1 aromatic rings. The van der Waals surface area contributed by atoms with Gasteiger partial charge in [0.15, 0.2) is 11.5 Å². The van der Waals surface area contributed by atoms with E-state index >= 15 is 0 Å². The molecule has 0 bridgehead atoms. The number of aliphatic hydroxyl groups excluding tert-OH is 1. The Morgan fingerprint density at radius 3 is 2.05 bits per heavy atom. The predicted octanol–water partition coefficient (Wildman–Crippen LogP) is 1.05. The van der Waals surface area contributed by atoms with Crippen molar-refractivity contribution < 1.29 is 19.3 Å². The summed E-state index contributed by atoms with van der Waals surface area (Å²) >= 11 is 0. The molecule has 1 rings (SSSR count). The molecule has 20 heavy (non-hydrogen) atoms. The first-order chi connectivity index (χ1) is 9.51. The lowest BCUT2D eigenvalue weighted by molar-refractivity contribution is 0.148. The highest BCUT2D eigenvalue weighted by Gasteiger charge is 2.13. The molecular formula is C14H24N2O4. The fourth-order valence-electron chi connectivity index (χ4n) is 1.90. The topological polar surface area (TPSA) is 63.2 Å². The molecule has 0 spiro atoms. The maximum Gasteiger partial charge on any atom is 0.203 e. The van der Waals surface area contributed by atoms with E-state index in [1.807, 2.05) is 31.1 Å². The van der Waals surface area contributed by atoms with Crippen LogP contribution in [0.4, 0.5) is 5.69 Å². The largest absolute Gasteiger partial charge is 0.493 e. The van der Waals surface area contributed by atoms with Crippen LogP contribution < -0.4 is 19.5 Å². The van der Waals surface area contributed by atoms with Crippen LogP contribution in [0.5, 0.6) is 17.2 Å². The molecule has 6 heteroatoms. The monoisotopic (exact) mass is 284 g/mol. The first-order valence-electron chi connectivity index (χ1n) is 6.38. The van der Waals surface area contributed by atoms with E-state index in [4.69, 9.17) is 14.2 Å². The zero-order chi connectivity index (χ0) is 15.1. The summed E-state index contributed by atoms with van der Waals surface area (Å²) in [4.78, 5) is 1.93. The van der Waals surface area contributed by atoms with Crippen molar-refractivity contribution in [2.24, 2.45) is 0 Å². The van der Waals surface area contributed by atoms with E-state index in [2.05, 4.69) is 5.32 Å². The van der Waals surface area contributed by atoms with Crippen molar-refractivity contribution in [3.8, 4) is 17.2 Å². The molecule has 0 saturated heterocycles. The lowest BCUT2D eigenvalue weighted by Crippen LogP contribution is -2.31. The second-order valence-electron chi connectivity index (χ2n) is 4.71. The Labute approximate surface area is 120 Å². The normalized spacial score (nSPS) is 12.2. The zero-order valence-corrected chi connectivity index (χ0v) is 12.8. The van der Waals surface area contributed by atoms with Gasteiger partial charge in [-0.25, -0.2) is 0 Å².